The first-order valence-corrected chi connectivity index (χ1v) is 8.05. The fourth-order valence-corrected chi connectivity index (χ4v) is 3.12. The van der Waals surface area contributed by atoms with E-state index < -0.39 is 0 Å². The summed E-state index contributed by atoms with van der Waals surface area (Å²) in [6.45, 7) is 9.44. The number of nitrogens with zero attached hydrogens (tertiary/aromatic N) is 3. The van der Waals surface area contributed by atoms with Crippen LogP contribution in [0, 0.1) is 0 Å². The van der Waals surface area contributed by atoms with Crippen LogP contribution in [0.15, 0.2) is 0 Å². The van der Waals surface area contributed by atoms with E-state index in [1.165, 1.54) is 19.3 Å². The maximum Gasteiger partial charge on any atom is 0.223 e. The Kier molecular flexibility index (Phi) is 6.26. The molecule has 116 valence electrons. The average Bonchev–Trinajstić information content (AvgIpc) is 2.46. The van der Waals surface area contributed by atoms with Crippen molar-refractivity contribution in [2.75, 3.05) is 52.4 Å². The number of β-amino-alcohol motifs (C(OH)–C–C–N with tert-alkyl or cyclic N) is 1. The summed E-state index contributed by atoms with van der Waals surface area (Å²) in [4.78, 5) is 18.8. The second-order valence-corrected chi connectivity index (χ2v) is 6.18. The van der Waals surface area contributed by atoms with Crippen LogP contribution in [0.1, 0.15) is 32.6 Å². The maximum atomic E-state index is 12.1. The highest BCUT2D eigenvalue weighted by atomic mass is 16.3. The first-order valence-electron chi connectivity index (χ1n) is 8.05. The molecule has 0 aromatic carbocycles. The number of rotatable bonds is 5. The molecule has 0 aromatic rings. The SMILES string of the molecule is C[C@@H](O)CN1CCN(CCC(=O)N2CCCCC2)CC1. The molecular formula is C15H29N3O2. The maximum absolute atomic E-state index is 12.1. The molecule has 0 aliphatic carbocycles. The molecule has 0 unspecified atom stereocenters. The van der Waals surface area contributed by atoms with Gasteiger partial charge in [0.15, 0.2) is 0 Å². The number of hydrogen-bond donors (Lipinski definition) is 1. The number of aliphatic hydroxyl groups is 1. The quantitative estimate of drug-likeness (QED) is 0.793. The van der Waals surface area contributed by atoms with Crippen molar-refractivity contribution in [3.05, 3.63) is 0 Å². The zero-order chi connectivity index (χ0) is 14.4. The van der Waals surface area contributed by atoms with Gasteiger partial charge in [0.25, 0.3) is 0 Å². The van der Waals surface area contributed by atoms with Gasteiger partial charge >= 0.3 is 0 Å². The zero-order valence-corrected chi connectivity index (χ0v) is 12.8. The topological polar surface area (TPSA) is 47.0 Å². The highest BCUT2D eigenvalue weighted by Gasteiger charge is 2.20. The van der Waals surface area contributed by atoms with Gasteiger partial charge in [-0.2, -0.15) is 0 Å². The number of likely N-dealkylation sites (tertiary alicyclic amines) is 1. The van der Waals surface area contributed by atoms with Crippen molar-refractivity contribution in [1.82, 2.24) is 14.7 Å². The number of aliphatic hydroxyl groups excluding tert-OH is 1. The van der Waals surface area contributed by atoms with Gasteiger partial charge in [0, 0.05) is 58.8 Å². The minimum Gasteiger partial charge on any atom is -0.392 e. The summed E-state index contributed by atoms with van der Waals surface area (Å²) in [6, 6.07) is 0. The molecular weight excluding hydrogens is 254 g/mol. The number of carbonyl (C=O) groups is 1. The Labute approximate surface area is 122 Å². The summed E-state index contributed by atoms with van der Waals surface area (Å²) in [6.07, 6.45) is 4.03. The lowest BCUT2D eigenvalue weighted by Crippen LogP contribution is -2.49. The van der Waals surface area contributed by atoms with Gasteiger partial charge in [-0.3, -0.25) is 9.69 Å². The van der Waals surface area contributed by atoms with E-state index in [1.54, 1.807) is 0 Å². The summed E-state index contributed by atoms with van der Waals surface area (Å²) < 4.78 is 0. The molecule has 2 fully saturated rings. The van der Waals surface area contributed by atoms with Crippen LogP contribution in [0.2, 0.25) is 0 Å². The molecule has 5 nitrogen and oxygen atoms in total. The van der Waals surface area contributed by atoms with Gasteiger partial charge in [-0.1, -0.05) is 0 Å². The van der Waals surface area contributed by atoms with Gasteiger partial charge in [-0.05, 0) is 26.2 Å². The highest BCUT2D eigenvalue weighted by Crippen LogP contribution is 2.11. The summed E-state index contributed by atoms with van der Waals surface area (Å²) in [5.74, 6) is 0.330. The lowest BCUT2D eigenvalue weighted by atomic mass is 10.1. The lowest BCUT2D eigenvalue weighted by molar-refractivity contribution is -0.132. The Morgan fingerprint density at radius 2 is 1.60 bits per heavy atom. The zero-order valence-electron chi connectivity index (χ0n) is 12.8. The van der Waals surface area contributed by atoms with Gasteiger partial charge in [-0.25, -0.2) is 0 Å². The molecule has 2 rings (SSSR count). The number of piperidine rings is 1. The normalized spacial score (nSPS) is 23.8. The fraction of sp³-hybridized carbons (Fsp3) is 0.933. The number of carbonyl (C=O) groups excluding carboxylic acids is 1. The molecule has 2 heterocycles. The van der Waals surface area contributed by atoms with Gasteiger partial charge in [0.2, 0.25) is 5.91 Å². The van der Waals surface area contributed by atoms with Crippen molar-refractivity contribution in [3.8, 4) is 0 Å². The van der Waals surface area contributed by atoms with E-state index in [9.17, 15) is 9.90 Å². The monoisotopic (exact) mass is 283 g/mol. The van der Waals surface area contributed by atoms with Gasteiger partial charge in [-0.15, -0.1) is 0 Å². The van der Waals surface area contributed by atoms with Crippen LogP contribution in [0.5, 0.6) is 0 Å². The van der Waals surface area contributed by atoms with Crippen LogP contribution < -0.4 is 0 Å². The van der Waals surface area contributed by atoms with Crippen LogP contribution in [0.25, 0.3) is 0 Å². The molecule has 1 N–H and O–H groups in total. The largest absolute Gasteiger partial charge is 0.392 e. The van der Waals surface area contributed by atoms with Crippen LogP contribution in [0.3, 0.4) is 0 Å². The van der Waals surface area contributed by atoms with Crippen molar-refractivity contribution >= 4 is 5.91 Å². The van der Waals surface area contributed by atoms with E-state index in [-0.39, 0.29) is 6.10 Å². The molecule has 0 spiro atoms. The summed E-state index contributed by atoms with van der Waals surface area (Å²) in [5, 5.41) is 9.39. The van der Waals surface area contributed by atoms with E-state index in [2.05, 4.69) is 9.80 Å². The predicted molar refractivity (Wildman–Crippen MR) is 79.6 cm³/mol. The Balaban J connectivity index is 1.61. The molecule has 2 saturated heterocycles. The van der Waals surface area contributed by atoms with E-state index in [1.807, 2.05) is 11.8 Å². The summed E-state index contributed by atoms with van der Waals surface area (Å²) in [5.41, 5.74) is 0. The van der Waals surface area contributed by atoms with Crippen LogP contribution in [-0.2, 0) is 4.79 Å². The van der Waals surface area contributed by atoms with Crippen LogP contribution >= 0.6 is 0 Å². The number of amides is 1. The van der Waals surface area contributed by atoms with Gasteiger partial charge in [0.1, 0.15) is 0 Å². The van der Waals surface area contributed by atoms with Crippen molar-refractivity contribution in [1.29, 1.82) is 0 Å². The molecule has 5 heteroatoms. The third-order valence-corrected chi connectivity index (χ3v) is 4.34. The molecule has 0 radical (unpaired) electrons. The Morgan fingerprint density at radius 1 is 1.00 bits per heavy atom. The average molecular weight is 283 g/mol. The van der Waals surface area contributed by atoms with E-state index in [0.717, 1.165) is 52.4 Å². The Bertz CT molecular complexity index is 295. The Morgan fingerprint density at radius 3 is 2.20 bits per heavy atom. The van der Waals surface area contributed by atoms with E-state index >= 15 is 0 Å². The standard InChI is InChI=1S/C15H29N3O2/c1-14(19)13-17-11-9-16(10-12-17)8-5-15(20)18-6-3-2-4-7-18/h14,19H,2-13H2,1H3/t14-/m1/s1. The third kappa shape index (κ3) is 5.04. The molecule has 0 saturated carbocycles. The van der Waals surface area contributed by atoms with E-state index in [0.29, 0.717) is 12.3 Å². The molecule has 2 aliphatic heterocycles. The lowest BCUT2D eigenvalue weighted by Gasteiger charge is -2.35. The van der Waals surface area contributed by atoms with Crippen molar-refractivity contribution < 1.29 is 9.90 Å². The second kappa shape index (κ2) is 7.96. The summed E-state index contributed by atoms with van der Waals surface area (Å²) in [7, 11) is 0. The van der Waals surface area contributed by atoms with Crippen molar-refractivity contribution in [2.24, 2.45) is 0 Å². The summed E-state index contributed by atoms with van der Waals surface area (Å²) >= 11 is 0. The van der Waals surface area contributed by atoms with Crippen LogP contribution in [-0.4, -0.2) is 84.2 Å². The smallest absolute Gasteiger partial charge is 0.223 e. The molecule has 0 bridgehead atoms. The van der Waals surface area contributed by atoms with Crippen LogP contribution in [0.4, 0.5) is 0 Å². The first kappa shape index (κ1) is 15.7. The predicted octanol–water partition coefficient (Wildman–Crippen LogP) is 0.387. The highest BCUT2D eigenvalue weighted by molar-refractivity contribution is 5.76. The molecule has 1 atom stereocenters. The molecule has 20 heavy (non-hydrogen) atoms. The molecule has 2 aliphatic rings. The third-order valence-electron chi connectivity index (χ3n) is 4.34. The minimum absolute atomic E-state index is 0.248. The van der Waals surface area contributed by atoms with Gasteiger partial charge in [0.05, 0.1) is 6.10 Å². The first-order chi connectivity index (χ1) is 9.65. The molecule has 1 amide bonds. The molecule has 0 aromatic heterocycles. The van der Waals surface area contributed by atoms with E-state index in [4.69, 9.17) is 0 Å². The second-order valence-electron chi connectivity index (χ2n) is 6.18. The number of piperazine rings is 1. The van der Waals surface area contributed by atoms with Crippen molar-refractivity contribution in [2.45, 2.75) is 38.7 Å². The van der Waals surface area contributed by atoms with Gasteiger partial charge < -0.3 is 14.9 Å². The fourth-order valence-electron chi connectivity index (χ4n) is 3.12. The minimum atomic E-state index is -0.248. The Hall–Kier alpha value is -0.650. The van der Waals surface area contributed by atoms with Crippen molar-refractivity contribution in [3.63, 3.8) is 0 Å². The number of hydrogen-bond acceptors (Lipinski definition) is 4.